The van der Waals surface area contributed by atoms with Crippen LogP contribution in [-0.4, -0.2) is 95.8 Å². The van der Waals surface area contributed by atoms with Crippen molar-refractivity contribution in [2.45, 2.75) is 76.6 Å². The molecule has 0 unspecified atom stereocenters. The van der Waals surface area contributed by atoms with E-state index in [1.165, 1.54) is 0 Å². The number of amides is 3. The number of nitrogens with zero attached hydrogens (tertiary/aromatic N) is 6. The largest absolute Gasteiger partial charge is 0.433 e. The number of aryl methyl sites for hydroxylation is 1. The maximum atomic E-state index is 13.9. The Kier molecular flexibility index (Phi) is 11.6. The quantitative estimate of drug-likeness (QED) is 0.105. The Morgan fingerprint density at radius 3 is 1.88 bits per heavy atom. The zero-order valence-electron chi connectivity index (χ0n) is 33.2. The zero-order chi connectivity index (χ0) is 40.3. The van der Waals surface area contributed by atoms with Crippen LogP contribution in [0.3, 0.4) is 0 Å². The highest BCUT2D eigenvalue weighted by atomic mass is 16.6. The van der Waals surface area contributed by atoms with Crippen LogP contribution >= 0.6 is 0 Å². The summed E-state index contributed by atoms with van der Waals surface area (Å²) in [6.07, 6.45) is 10.1. The van der Waals surface area contributed by atoms with E-state index in [0.29, 0.717) is 25.3 Å². The SMILES string of the molecule is COCN[C@@H](Cc1cn(C)cn1)C(=O)N1CCC[C@H]1c1ncc(-c2ccc(-c3ccc(-c4cnc([C@@H]5CCCN5C(=O)[C@@](C)(OC(N)=O)C(C)C)[nH]4)cc3)cc2)[nH]1. The van der Waals surface area contributed by atoms with Gasteiger partial charge in [-0.1, -0.05) is 62.4 Å². The highest BCUT2D eigenvalue weighted by molar-refractivity contribution is 5.88. The van der Waals surface area contributed by atoms with Crippen LogP contribution in [0.2, 0.25) is 0 Å². The standard InChI is InChI=1S/C42H52N10O5/c1-26(2)42(3,57-41(43)55)40(54)52-19-7-9-36(52)38-45-22-34(49-38)30-16-12-28(13-17-30)27-10-14-29(15-11-27)33-21-44-37(48-33)35-8-6-18-51(35)39(53)32(47-25-56-5)20-31-23-50(4)24-46-31/h10-17,21-24,26,32,35-36,47H,6-9,18-20,25H2,1-5H3,(H2,43,55)(H,44,48)(H,45,49)/t32-,35-,36-,42-/m0/s1. The molecule has 5 aromatic rings. The van der Waals surface area contributed by atoms with Gasteiger partial charge in [-0.2, -0.15) is 0 Å². The molecular weight excluding hydrogens is 725 g/mol. The number of carbonyl (C=O) groups excluding carboxylic acids is 3. The molecule has 3 amide bonds. The highest BCUT2D eigenvalue weighted by Gasteiger charge is 2.47. The molecule has 0 saturated carbocycles. The third-order valence-corrected chi connectivity index (χ3v) is 11.4. The zero-order valence-corrected chi connectivity index (χ0v) is 33.2. The van der Waals surface area contributed by atoms with Gasteiger partial charge in [0.2, 0.25) is 5.91 Å². The van der Waals surface area contributed by atoms with Crippen LogP contribution in [0.1, 0.15) is 75.9 Å². The number of nitrogens with one attached hydrogen (secondary N) is 3. The summed E-state index contributed by atoms with van der Waals surface area (Å²) in [6, 6.07) is 15.7. The lowest BCUT2D eigenvalue weighted by Gasteiger charge is -2.36. The second-order valence-corrected chi connectivity index (χ2v) is 15.5. The topological polar surface area (TPSA) is 189 Å². The van der Waals surface area contributed by atoms with Gasteiger partial charge < -0.3 is 39.5 Å². The molecule has 5 heterocycles. The Bertz CT molecular complexity index is 2170. The summed E-state index contributed by atoms with van der Waals surface area (Å²) in [5.41, 5.74) is 10.6. The number of aromatic nitrogens is 6. The van der Waals surface area contributed by atoms with Crippen LogP contribution in [0, 0.1) is 5.92 Å². The lowest BCUT2D eigenvalue weighted by Crippen LogP contribution is -2.53. The molecule has 7 rings (SSSR count). The lowest BCUT2D eigenvalue weighted by atomic mass is 9.90. The molecule has 0 spiro atoms. The minimum absolute atomic E-state index is 0.0111. The van der Waals surface area contributed by atoms with Crippen molar-refractivity contribution in [1.82, 2.24) is 44.6 Å². The fraction of sp³-hybridized carbons (Fsp3) is 0.429. The van der Waals surface area contributed by atoms with Crippen LogP contribution in [-0.2, 0) is 32.5 Å². The van der Waals surface area contributed by atoms with Crippen LogP contribution in [0.25, 0.3) is 33.6 Å². The molecule has 15 heteroatoms. The molecule has 2 aliphatic rings. The molecule has 0 bridgehead atoms. The van der Waals surface area contributed by atoms with Crippen molar-refractivity contribution in [3.8, 4) is 33.6 Å². The third kappa shape index (κ3) is 8.35. The number of hydrogen-bond donors (Lipinski definition) is 4. The minimum atomic E-state index is -1.37. The third-order valence-electron chi connectivity index (χ3n) is 11.4. The number of likely N-dealkylation sites (tertiary alicyclic amines) is 2. The first-order valence-corrected chi connectivity index (χ1v) is 19.6. The number of nitrogens with two attached hydrogens (primary N) is 1. The summed E-state index contributed by atoms with van der Waals surface area (Å²) in [5, 5.41) is 3.24. The number of imidazole rings is 3. The lowest BCUT2D eigenvalue weighted by molar-refractivity contribution is -0.155. The summed E-state index contributed by atoms with van der Waals surface area (Å²) < 4.78 is 12.5. The van der Waals surface area contributed by atoms with Gasteiger partial charge in [0.1, 0.15) is 11.6 Å². The predicted octanol–water partition coefficient (Wildman–Crippen LogP) is 5.51. The average Bonchev–Trinajstić information content (AvgIpc) is 4.06. The summed E-state index contributed by atoms with van der Waals surface area (Å²) in [4.78, 5) is 63.7. The number of H-pyrrole nitrogens is 2. The van der Waals surface area contributed by atoms with Gasteiger partial charge in [0.25, 0.3) is 5.91 Å². The van der Waals surface area contributed by atoms with Crippen LogP contribution in [0.15, 0.2) is 73.4 Å². The van der Waals surface area contributed by atoms with Crippen molar-refractivity contribution in [2.75, 3.05) is 26.9 Å². The second-order valence-electron chi connectivity index (χ2n) is 15.5. The monoisotopic (exact) mass is 776 g/mol. The molecule has 2 aromatic carbocycles. The van der Waals surface area contributed by atoms with Gasteiger partial charge >= 0.3 is 6.09 Å². The van der Waals surface area contributed by atoms with Crippen molar-refractivity contribution in [1.29, 1.82) is 0 Å². The first-order chi connectivity index (χ1) is 27.4. The van der Waals surface area contributed by atoms with Gasteiger partial charge in [-0.3, -0.25) is 14.9 Å². The number of rotatable bonds is 14. The summed E-state index contributed by atoms with van der Waals surface area (Å²) >= 11 is 0. The molecule has 0 aliphatic carbocycles. The number of methoxy groups -OCH3 is 1. The Balaban J connectivity index is 1.00. The first-order valence-electron chi connectivity index (χ1n) is 19.6. The van der Waals surface area contributed by atoms with Crippen molar-refractivity contribution in [3.05, 3.63) is 90.8 Å². The molecular formula is C42H52N10O5. The smallest absolute Gasteiger partial charge is 0.405 e. The Morgan fingerprint density at radius 2 is 1.39 bits per heavy atom. The molecule has 2 saturated heterocycles. The van der Waals surface area contributed by atoms with Crippen molar-refractivity contribution >= 4 is 17.9 Å². The highest BCUT2D eigenvalue weighted by Crippen LogP contribution is 2.37. The van der Waals surface area contributed by atoms with Gasteiger partial charge in [0, 0.05) is 45.8 Å². The van der Waals surface area contributed by atoms with Crippen molar-refractivity contribution in [3.63, 3.8) is 0 Å². The van der Waals surface area contributed by atoms with Gasteiger partial charge in [-0.05, 0) is 54.9 Å². The molecule has 3 aromatic heterocycles. The minimum Gasteiger partial charge on any atom is -0.433 e. The van der Waals surface area contributed by atoms with E-state index in [1.807, 2.05) is 42.8 Å². The number of benzene rings is 2. The number of ether oxygens (including phenoxy) is 2. The van der Waals surface area contributed by atoms with Crippen LogP contribution in [0.4, 0.5) is 4.79 Å². The molecule has 15 nitrogen and oxygen atoms in total. The van der Waals surface area contributed by atoms with Crippen LogP contribution < -0.4 is 11.1 Å². The fourth-order valence-corrected chi connectivity index (χ4v) is 7.91. The van der Waals surface area contributed by atoms with Crippen molar-refractivity contribution < 1.29 is 23.9 Å². The molecule has 4 atom stereocenters. The summed E-state index contributed by atoms with van der Waals surface area (Å²) in [7, 11) is 3.52. The van der Waals surface area contributed by atoms with E-state index in [1.54, 1.807) is 31.5 Å². The summed E-state index contributed by atoms with van der Waals surface area (Å²) in [6.45, 7) is 6.76. The van der Waals surface area contributed by atoms with Gasteiger partial charge in [0.15, 0.2) is 5.60 Å². The number of primary amides is 1. The maximum absolute atomic E-state index is 13.9. The van der Waals surface area contributed by atoms with E-state index in [0.717, 1.165) is 70.8 Å². The van der Waals surface area contributed by atoms with E-state index >= 15 is 0 Å². The molecule has 5 N–H and O–H groups in total. The molecule has 0 radical (unpaired) electrons. The predicted molar refractivity (Wildman–Crippen MR) is 214 cm³/mol. The molecule has 57 heavy (non-hydrogen) atoms. The first kappa shape index (κ1) is 39.4. The average molecular weight is 777 g/mol. The second kappa shape index (κ2) is 16.7. The fourth-order valence-electron chi connectivity index (χ4n) is 7.91. The van der Waals surface area contributed by atoms with E-state index in [2.05, 4.69) is 73.8 Å². The van der Waals surface area contributed by atoms with Crippen molar-refractivity contribution in [2.24, 2.45) is 18.7 Å². The van der Waals surface area contributed by atoms with Gasteiger partial charge in [-0.15, -0.1) is 0 Å². The Morgan fingerprint density at radius 1 is 0.860 bits per heavy atom. The van der Waals surface area contributed by atoms with E-state index in [-0.39, 0.29) is 36.5 Å². The number of aromatic amines is 2. The number of carbonyl (C=O) groups is 3. The molecule has 2 fully saturated rings. The molecule has 2 aliphatic heterocycles. The van der Waals surface area contributed by atoms with Gasteiger partial charge in [-0.25, -0.2) is 19.7 Å². The van der Waals surface area contributed by atoms with Gasteiger partial charge in [0.05, 0.1) is 60.7 Å². The summed E-state index contributed by atoms with van der Waals surface area (Å²) in [5.74, 6) is 0.942. The van der Waals surface area contributed by atoms with E-state index in [9.17, 15) is 14.4 Å². The molecule has 300 valence electrons. The number of hydrogen-bond acceptors (Lipinski definition) is 9. The van der Waals surface area contributed by atoms with E-state index in [4.69, 9.17) is 20.2 Å². The van der Waals surface area contributed by atoms with E-state index < -0.39 is 17.7 Å². The Hall–Kier alpha value is -5.80. The normalized spacial score (nSPS) is 18.6. The maximum Gasteiger partial charge on any atom is 0.405 e. The Labute approximate surface area is 332 Å². The van der Waals surface area contributed by atoms with Crippen LogP contribution in [0.5, 0.6) is 0 Å².